The van der Waals surface area contributed by atoms with E-state index in [0.29, 0.717) is 25.7 Å². The summed E-state index contributed by atoms with van der Waals surface area (Å²) in [5.41, 5.74) is -3.28. The van der Waals surface area contributed by atoms with Gasteiger partial charge in [0.25, 0.3) is 0 Å². The van der Waals surface area contributed by atoms with Crippen LogP contribution in [-0.2, 0) is 33.2 Å². The molecular formula is C43H70O15. The third-order valence-corrected chi connectivity index (χ3v) is 17.9. The lowest BCUT2D eigenvalue weighted by Gasteiger charge is -2.65. The second-order valence-electron chi connectivity index (χ2n) is 21.6. The van der Waals surface area contributed by atoms with Crippen LogP contribution in [-0.4, -0.2) is 151 Å². The molecule has 5 aliphatic carbocycles. The van der Waals surface area contributed by atoms with Crippen LogP contribution in [0.3, 0.4) is 0 Å². The van der Waals surface area contributed by atoms with Crippen molar-refractivity contribution in [1.82, 2.24) is 0 Å². The van der Waals surface area contributed by atoms with Gasteiger partial charge in [-0.05, 0) is 117 Å². The van der Waals surface area contributed by atoms with Crippen molar-refractivity contribution in [3.63, 3.8) is 0 Å². The summed E-state index contributed by atoms with van der Waals surface area (Å²) in [4.78, 5) is 11.6. The number of hydrogen-bond acceptors (Lipinski definition) is 15. The van der Waals surface area contributed by atoms with Gasteiger partial charge in [0.2, 0.25) is 0 Å². The third kappa shape index (κ3) is 6.17. The molecule has 0 aromatic heterocycles. The average molecular weight is 827 g/mol. The predicted octanol–water partition coefficient (Wildman–Crippen LogP) is 1.29. The molecule has 0 amide bonds. The first-order valence-electron chi connectivity index (χ1n) is 21.8. The highest BCUT2D eigenvalue weighted by atomic mass is 16.7. The van der Waals surface area contributed by atoms with Crippen molar-refractivity contribution >= 4 is 5.97 Å². The number of rotatable bonds is 8. The number of aliphatic hydroxyl groups is 8. The number of fused-ring (bicyclic) bond motifs is 2. The van der Waals surface area contributed by atoms with Crippen molar-refractivity contribution in [1.29, 1.82) is 0 Å². The van der Waals surface area contributed by atoms with Crippen LogP contribution in [0.4, 0.5) is 0 Å². The first kappa shape index (κ1) is 43.6. The number of ether oxygens (including phenoxy) is 6. The Morgan fingerprint density at radius 3 is 2.10 bits per heavy atom. The molecular weight excluding hydrogens is 756 g/mol. The number of esters is 1. The van der Waals surface area contributed by atoms with E-state index in [1.54, 1.807) is 13.8 Å². The van der Waals surface area contributed by atoms with Gasteiger partial charge in [-0.2, -0.15) is 0 Å². The van der Waals surface area contributed by atoms with E-state index in [2.05, 4.69) is 34.6 Å². The summed E-state index contributed by atoms with van der Waals surface area (Å²) >= 11 is 0. The fourth-order valence-electron chi connectivity index (χ4n) is 15.2. The molecule has 8 aliphatic rings. The summed E-state index contributed by atoms with van der Waals surface area (Å²) in [5.74, 6) is -0.868. The number of carbonyl (C=O) groups excluding carboxylic acids is 1. The summed E-state index contributed by atoms with van der Waals surface area (Å²) in [6.07, 6.45) is -7.63. The second kappa shape index (κ2) is 14.2. The maximum absolute atomic E-state index is 12.2. The maximum atomic E-state index is 12.2. The number of hydrogen-bond donors (Lipinski definition) is 8. The van der Waals surface area contributed by atoms with Crippen LogP contribution >= 0.6 is 0 Å². The van der Waals surface area contributed by atoms with E-state index in [-0.39, 0.29) is 52.1 Å². The minimum atomic E-state index is -1.61. The van der Waals surface area contributed by atoms with E-state index in [9.17, 15) is 45.6 Å². The largest absolute Gasteiger partial charge is 0.457 e. The van der Waals surface area contributed by atoms with Crippen LogP contribution < -0.4 is 0 Å². The Morgan fingerprint density at radius 2 is 1.47 bits per heavy atom. The summed E-state index contributed by atoms with van der Waals surface area (Å²) in [5, 5.41) is 88.0. The van der Waals surface area contributed by atoms with Crippen molar-refractivity contribution in [3.8, 4) is 0 Å². The van der Waals surface area contributed by atoms with Gasteiger partial charge in [-0.3, -0.25) is 4.79 Å². The summed E-state index contributed by atoms with van der Waals surface area (Å²) in [6.45, 7) is 15.1. The number of carbonyl (C=O) groups is 1. The molecule has 3 heterocycles. The lowest BCUT2D eigenvalue weighted by molar-refractivity contribution is -0.339. The van der Waals surface area contributed by atoms with Gasteiger partial charge in [0.15, 0.2) is 18.7 Å². The Hall–Kier alpha value is -1.05. The molecule has 0 aromatic rings. The summed E-state index contributed by atoms with van der Waals surface area (Å²) < 4.78 is 37.4. The van der Waals surface area contributed by atoms with E-state index in [1.807, 2.05) is 0 Å². The second-order valence-corrected chi connectivity index (χ2v) is 21.6. The van der Waals surface area contributed by atoms with Crippen molar-refractivity contribution in [3.05, 3.63) is 0 Å². The van der Waals surface area contributed by atoms with Crippen molar-refractivity contribution < 1.29 is 74.1 Å². The first-order valence-corrected chi connectivity index (χ1v) is 21.8. The van der Waals surface area contributed by atoms with Gasteiger partial charge in [0, 0.05) is 12.8 Å². The average Bonchev–Trinajstić information content (AvgIpc) is 3.50. The highest BCUT2D eigenvalue weighted by Gasteiger charge is 2.85. The van der Waals surface area contributed by atoms with Gasteiger partial charge in [-0.15, -0.1) is 0 Å². The Bertz CT molecular complexity index is 1570. The molecule has 0 radical (unpaired) electrons. The summed E-state index contributed by atoms with van der Waals surface area (Å²) in [7, 11) is 0. The SMILES string of the molecule is CC(=O)O[C@H]1CO[C@H](O[C@@H]2CC[C@@]34C[C@@]35CC[C@@]3(C)C([C@]6(C)CC[C@H](C(C)(C)O)O6)[C@H](O)C[C@]3(C)[C@H]5C[C@@H](O[C@H]3O[C@@H](CO)[C@H](O)[C@@H](O)[C@@H]3O)[C@@H]4C2(C)C)[C@@H](O)[C@@H]1O. The molecule has 8 rings (SSSR count). The van der Waals surface area contributed by atoms with Gasteiger partial charge in [-0.25, -0.2) is 0 Å². The molecule has 1 unspecified atom stereocenters. The normalized spacial score (nSPS) is 56.1. The molecule has 15 nitrogen and oxygen atoms in total. The van der Waals surface area contributed by atoms with E-state index in [4.69, 9.17) is 28.4 Å². The standard InChI is InChI=1S/C43H70O15/c1-20(45)54-24-18-53-35(31(50)29(24)48)57-26-10-12-43-19-42(43)14-13-39(6)33(41(8)11-9-27(58-41)38(4,5)52)21(46)16-40(39,7)25(42)15-22(34(43)37(26,2)3)55-36-32(51)30(49)28(47)23(17-44)56-36/h21-36,44,46-52H,9-19H2,1-8H3/t21-,22-,23+,24+,25-,26-,27-,28+,29-,30-,31+,32+,33?,34-,35-,36+,39+,40-,41+,42-,43+/m1/s1. The molecule has 3 aliphatic heterocycles. The van der Waals surface area contributed by atoms with Gasteiger partial charge in [0.1, 0.15) is 36.6 Å². The molecule has 332 valence electrons. The zero-order valence-corrected chi connectivity index (χ0v) is 35.5. The zero-order valence-electron chi connectivity index (χ0n) is 35.5. The molecule has 21 atom stereocenters. The molecule has 5 saturated carbocycles. The predicted molar refractivity (Wildman–Crippen MR) is 203 cm³/mol. The fourth-order valence-corrected chi connectivity index (χ4v) is 15.2. The third-order valence-electron chi connectivity index (χ3n) is 17.9. The van der Waals surface area contributed by atoms with E-state index in [0.717, 1.165) is 32.1 Å². The van der Waals surface area contributed by atoms with Crippen molar-refractivity contribution in [2.45, 2.75) is 204 Å². The first-order chi connectivity index (χ1) is 26.9. The monoisotopic (exact) mass is 826 g/mol. The Morgan fingerprint density at radius 1 is 0.776 bits per heavy atom. The molecule has 8 N–H and O–H groups in total. The van der Waals surface area contributed by atoms with E-state index >= 15 is 0 Å². The Kier molecular flexibility index (Phi) is 10.7. The van der Waals surface area contributed by atoms with Crippen molar-refractivity contribution in [2.75, 3.05) is 13.2 Å². The topological polar surface area (TPSA) is 234 Å². The van der Waals surface area contributed by atoms with Gasteiger partial charge < -0.3 is 69.3 Å². The molecule has 58 heavy (non-hydrogen) atoms. The maximum Gasteiger partial charge on any atom is 0.303 e. The van der Waals surface area contributed by atoms with Crippen LogP contribution in [0, 0.1) is 44.8 Å². The van der Waals surface area contributed by atoms with Crippen LogP contribution in [0.2, 0.25) is 0 Å². The molecule has 3 saturated heterocycles. The zero-order chi connectivity index (χ0) is 42.3. The molecule has 2 spiro atoms. The summed E-state index contributed by atoms with van der Waals surface area (Å²) in [6, 6.07) is 0. The molecule has 0 aromatic carbocycles. The van der Waals surface area contributed by atoms with Crippen molar-refractivity contribution in [2.24, 2.45) is 44.8 Å². The van der Waals surface area contributed by atoms with Gasteiger partial charge in [-0.1, -0.05) is 27.7 Å². The van der Waals surface area contributed by atoms with Crippen LogP contribution in [0.15, 0.2) is 0 Å². The fraction of sp³-hybridized carbons (Fsp3) is 0.977. The minimum Gasteiger partial charge on any atom is -0.457 e. The highest BCUT2D eigenvalue weighted by molar-refractivity contribution is 5.66. The van der Waals surface area contributed by atoms with E-state index < -0.39 is 103 Å². The molecule has 15 heteroatoms. The lowest BCUT2D eigenvalue weighted by Crippen LogP contribution is -2.65. The smallest absolute Gasteiger partial charge is 0.303 e. The molecule has 8 fully saturated rings. The Labute approximate surface area is 341 Å². The molecule has 0 bridgehead atoms. The van der Waals surface area contributed by atoms with E-state index in [1.165, 1.54) is 6.92 Å². The number of aliphatic hydroxyl groups excluding tert-OH is 7. The van der Waals surface area contributed by atoms with Crippen LogP contribution in [0.5, 0.6) is 0 Å². The lowest BCUT2D eigenvalue weighted by atomic mass is 9.41. The van der Waals surface area contributed by atoms with Crippen LogP contribution in [0.25, 0.3) is 0 Å². The van der Waals surface area contributed by atoms with Gasteiger partial charge in [0.05, 0.1) is 48.8 Å². The van der Waals surface area contributed by atoms with Gasteiger partial charge >= 0.3 is 5.97 Å². The van der Waals surface area contributed by atoms with Crippen LogP contribution in [0.1, 0.15) is 113 Å². The quantitative estimate of drug-likeness (QED) is 0.127. The Balaban J connectivity index is 1.13. The minimum absolute atomic E-state index is 0.0840. The highest BCUT2D eigenvalue weighted by Crippen LogP contribution is 2.89.